The van der Waals surface area contributed by atoms with Gasteiger partial charge in [0.25, 0.3) is 5.91 Å². The van der Waals surface area contributed by atoms with E-state index in [4.69, 9.17) is 13.6 Å². The maximum atomic E-state index is 13.4. The first kappa shape index (κ1) is 18.7. The molecule has 2 unspecified atom stereocenters. The minimum absolute atomic E-state index is 0.0357. The van der Waals surface area contributed by atoms with Gasteiger partial charge in [-0.05, 0) is 44.0 Å². The highest BCUT2D eigenvalue weighted by Crippen LogP contribution is 2.40. The lowest BCUT2D eigenvalue weighted by Gasteiger charge is -2.27. The van der Waals surface area contributed by atoms with Gasteiger partial charge in [-0.3, -0.25) is 9.59 Å². The summed E-state index contributed by atoms with van der Waals surface area (Å²) in [5, 5.41) is 11.5. The van der Waals surface area contributed by atoms with Crippen molar-refractivity contribution in [1.82, 2.24) is 4.90 Å². The predicted octanol–water partition coefficient (Wildman–Crippen LogP) is 4.09. The number of Topliss-reactive ketones (excluding diaryl/α,β-unsaturated/α-hetero) is 1. The molecule has 5 rings (SSSR count). The fourth-order valence-corrected chi connectivity index (χ4v) is 4.20. The zero-order valence-electron chi connectivity index (χ0n) is 16.5. The maximum Gasteiger partial charge on any atom is 0.290 e. The third kappa shape index (κ3) is 3.02. The van der Waals surface area contributed by atoms with Crippen molar-refractivity contribution in [2.45, 2.75) is 31.9 Å². The number of hydrogen-bond donors (Lipinski definition) is 1. The van der Waals surface area contributed by atoms with Gasteiger partial charge in [0.2, 0.25) is 5.78 Å². The number of carbonyl (C=O) groups excluding carboxylic acids is 2. The van der Waals surface area contributed by atoms with E-state index in [1.54, 1.807) is 31.2 Å². The normalized spacial score (nSPS) is 21.9. The number of para-hydroxylation sites is 1. The lowest BCUT2D eigenvalue weighted by molar-refractivity contribution is -0.131. The van der Waals surface area contributed by atoms with Crippen LogP contribution in [0.1, 0.15) is 41.0 Å². The van der Waals surface area contributed by atoms with Crippen LogP contribution in [-0.4, -0.2) is 41.0 Å². The van der Waals surface area contributed by atoms with Gasteiger partial charge in [-0.25, -0.2) is 0 Å². The van der Waals surface area contributed by atoms with Crippen molar-refractivity contribution in [1.29, 1.82) is 0 Å². The highest BCUT2D eigenvalue weighted by Gasteiger charge is 2.47. The zero-order valence-corrected chi connectivity index (χ0v) is 16.5. The maximum absolute atomic E-state index is 13.4. The van der Waals surface area contributed by atoms with E-state index in [-0.39, 0.29) is 24.0 Å². The zero-order chi connectivity index (χ0) is 20.8. The largest absolute Gasteiger partial charge is 0.503 e. The van der Waals surface area contributed by atoms with Crippen LogP contribution in [-0.2, 0) is 9.53 Å². The number of ketones is 1. The molecule has 3 aromatic rings. The molecule has 7 heteroatoms. The number of rotatable bonds is 5. The molecule has 154 valence electrons. The summed E-state index contributed by atoms with van der Waals surface area (Å²) in [7, 11) is 0. The second-order valence-corrected chi connectivity index (χ2v) is 7.68. The Morgan fingerprint density at radius 1 is 1.20 bits per heavy atom. The smallest absolute Gasteiger partial charge is 0.290 e. The van der Waals surface area contributed by atoms with Crippen molar-refractivity contribution in [3.63, 3.8) is 0 Å². The number of carbonyl (C=O) groups is 2. The molecule has 2 atom stereocenters. The number of ether oxygens (including phenoxy) is 1. The number of aliphatic hydroxyl groups excluding tert-OH is 1. The third-order valence-corrected chi connectivity index (χ3v) is 5.65. The SMILES string of the molecule is Cc1ccc(C2C(C(=O)c3cc4ccccc4o3)=C(O)C(=O)N2CC2CCCO2)o1. The molecule has 0 radical (unpaired) electrons. The van der Waals surface area contributed by atoms with Crippen LogP contribution in [0, 0.1) is 6.92 Å². The number of aliphatic hydroxyl groups is 1. The lowest BCUT2D eigenvalue weighted by atomic mass is 9.99. The van der Waals surface area contributed by atoms with Gasteiger partial charge in [-0.1, -0.05) is 18.2 Å². The number of amides is 1. The Balaban J connectivity index is 1.56. The molecule has 1 fully saturated rings. The molecule has 7 nitrogen and oxygen atoms in total. The van der Waals surface area contributed by atoms with Gasteiger partial charge in [0.05, 0.1) is 11.7 Å². The third-order valence-electron chi connectivity index (χ3n) is 5.65. The van der Waals surface area contributed by atoms with Crippen LogP contribution in [0.25, 0.3) is 11.0 Å². The summed E-state index contributed by atoms with van der Waals surface area (Å²) in [6.07, 6.45) is 1.60. The van der Waals surface area contributed by atoms with Crippen LogP contribution in [0.2, 0.25) is 0 Å². The van der Waals surface area contributed by atoms with Crippen LogP contribution in [0.5, 0.6) is 0 Å². The van der Waals surface area contributed by atoms with E-state index in [1.165, 1.54) is 4.90 Å². The molecule has 0 saturated carbocycles. The predicted molar refractivity (Wildman–Crippen MR) is 107 cm³/mol. The molecule has 1 amide bonds. The van der Waals surface area contributed by atoms with Gasteiger partial charge < -0.3 is 23.6 Å². The van der Waals surface area contributed by atoms with E-state index in [0.717, 1.165) is 18.2 Å². The number of aryl methyl sites for hydroxylation is 1. The van der Waals surface area contributed by atoms with Gasteiger partial charge in [0.1, 0.15) is 23.1 Å². The van der Waals surface area contributed by atoms with Crippen molar-refractivity contribution in [3.05, 3.63) is 71.1 Å². The monoisotopic (exact) mass is 407 g/mol. The number of benzene rings is 1. The highest BCUT2D eigenvalue weighted by molar-refractivity contribution is 6.15. The molecule has 2 aromatic heterocycles. The van der Waals surface area contributed by atoms with Crippen LogP contribution in [0.4, 0.5) is 0 Å². The standard InChI is InChI=1S/C23H21NO6/c1-13-8-9-17(29-13)20-19(21(25)18-11-14-5-2-3-7-16(14)30-18)22(26)23(27)24(20)12-15-6-4-10-28-15/h2-3,5,7-9,11,15,20,26H,4,6,10,12H2,1H3. The number of fused-ring (bicyclic) bond motifs is 1. The average molecular weight is 407 g/mol. The van der Waals surface area contributed by atoms with Crippen LogP contribution in [0.3, 0.4) is 0 Å². The summed E-state index contributed by atoms with van der Waals surface area (Å²) in [5.74, 6) is -0.580. The molecule has 0 aliphatic carbocycles. The number of furan rings is 2. The van der Waals surface area contributed by atoms with Gasteiger partial charge in [-0.2, -0.15) is 0 Å². The fraction of sp³-hybridized carbons (Fsp3) is 0.304. The van der Waals surface area contributed by atoms with Gasteiger partial charge in [0.15, 0.2) is 11.5 Å². The summed E-state index contributed by atoms with van der Waals surface area (Å²) < 4.78 is 17.2. The van der Waals surface area contributed by atoms with E-state index in [1.807, 2.05) is 18.2 Å². The van der Waals surface area contributed by atoms with E-state index >= 15 is 0 Å². The summed E-state index contributed by atoms with van der Waals surface area (Å²) in [6, 6.07) is 11.5. The van der Waals surface area contributed by atoms with Crippen molar-refractivity contribution in [3.8, 4) is 0 Å². The van der Waals surface area contributed by atoms with Gasteiger partial charge in [0, 0.05) is 18.5 Å². The molecule has 4 heterocycles. The topological polar surface area (TPSA) is 93.1 Å². The van der Waals surface area contributed by atoms with Crippen molar-refractivity contribution >= 4 is 22.7 Å². The van der Waals surface area contributed by atoms with Gasteiger partial charge in [-0.15, -0.1) is 0 Å². The molecule has 2 aliphatic rings. The minimum atomic E-state index is -0.837. The average Bonchev–Trinajstić information content (AvgIpc) is 3.51. The molecular weight excluding hydrogens is 386 g/mol. The van der Waals surface area contributed by atoms with Crippen LogP contribution >= 0.6 is 0 Å². The Morgan fingerprint density at radius 2 is 2.03 bits per heavy atom. The van der Waals surface area contributed by atoms with Crippen molar-refractivity contribution < 1.29 is 28.3 Å². The summed E-state index contributed by atoms with van der Waals surface area (Å²) in [5.41, 5.74) is 0.526. The second-order valence-electron chi connectivity index (χ2n) is 7.68. The summed E-state index contributed by atoms with van der Waals surface area (Å²) in [4.78, 5) is 27.8. The highest BCUT2D eigenvalue weighted by atomic mass is 16.5. The Hall–Kier alpha value is -3.32. The van der Waals surface area contributed by atoms with Crippen molar-refractivity contribution in [2.24, 2.45) is 0 Å². The van der Waals surface area contributed by atoms with Crippen LogP contribution in [0.15, 0.2) is 62.6 Å². The molecule has 1 saturated heterocycles. The Labute approximate surface area is 172 Å². The Morgan fingerprint density at radius 3 is 2.73 bits per heavy atom. The van der Waals surface area contributed by atoms with E-state index in [9.17, 15) is 14.7 Å². The molecule has 0 bridgehead atoms. The number of nitrogens with zero attached hydrogens (tertiary/aromatic N) is 1. The molecular formula is C23H21NO6. The van der Waals surface area contributed by atoms with E-state index < -0.39 is 23.5 Å². The molecule has 1 N–H and O–H groups in total. The molecule has 30 heavy (non-hydrogen) atoms. The van der Waals surface area contributed by atoms with Crippen LogP contribution < -0.4 is 0 Å². The first-order valence-electron chi connectivity index (χ1n) is 9.98. The molecule has 0 spiro atoms. The van der Waals surface area contributed by atoms with E-state index in [0.29, 0.717) is 23.7 Å². The Bertz CT molecular complexity index is 1130. The van der Waals surface area contributed by atoms with E-state index in [2.05, 4.69) is 0 Å². The summed E-state index contributed by atoms with van der Waals surface area (Å²) in [6.45, 7) is 2.70. The first-order chi connectivity index (χ1) is 14.5. The van der Waals surface area contributed by atoms with Gasteiger partial charge >= 0.3 is 0 Å². The Kier molecular flexibility index (Phi) is 4.47. The molecule has 1 aromatic carbocycles. The fourth-order valence-electron chi connectivity index (χ4n) is 4.20. The molecule has 2 aliphatic heterocycles. The second kappa shape index (κ2) is 7.18. The quantitative estimate of drug-likeness (QED) is 0.641. The minimum Gasteiger partial charge on any atom is -0.503 e. The lowest BCUT2D eigenvalue weighted by Crippen LogP contribution is -2.37. The number of hydrogen-bond acceptors (Lipinski definition) is 6. The van der Waals surface area contributed by atoms with Crippen molar-refractivity contribution in [2.75, 3.05) is 13.2 Å². The summed E-state index contributed by atoms with van der Waals surface area (Å²) >= 11 is 0. The first-order valence-corrected chi connectivity index (χ1v) is 9.98.